The first-order valence-corrected chi connectivity index (χ1v) is 7.14. The van der Waals surface area contributed by atoms with Crippen LogP contribution >= 0.6 is 0 Å². The van der Waals surface area contributed by atoms with E-state index in [0.717, 1.165) is 5.56 Å². The van der Waals surface area contributed by atoms with Gasteiger partial charge in [0, 0.05) is 12.1 Å². The van der Waals surface area contributed by atoms with E-state index in [1.165, 1.54) is 0 Å². The second kappa shape index (κ2) is 5.92. The van der Waals surface area contributed by atoms with E-state index >= 15 is 0 Å². The van der Waals surface area contributed by atoms with Gasteiger partial charge >= 0.3 is 0 Å². The molecule has 1 heterocycles. The van der Waals surface area contributed by atoms with Crippen LogP contribution in [0, 0.1) is 0 Å². The summed E-state index contributed by atoms with van der Waals surface area (Å²) in [5.41, 5.74) is 7.27. The summed E-state index contributed by atoms with van der Waals surface area (Å²) in [7, 11) is 0. The molecule has 23 heavy (non-hydrogen) atoms. The smallest absolute Gasteiger partial charge is 0.250 e. The largest absolute Gasteiger partial charge is 0.366 e. The van der Waals surface area contributed by atoms with Crippen molar-refractivity contribution in [3.05, 3.63) is 59.7 Å². The standard InChI is InChI=1S/C17H15N3O3/c18-16(22)11-6-2-4-8-14(11)20-17(23)12-9-15(21)19-13-7-3-1-5-10(12)13/h1-8,12H,9H2,(H2,18,22)(H,19,21)(H,20,23). The minimum atomic E-state index is -0.623. The van der Waals surface area contributed by atoms with Gasteiger partial charge < -0.3 is 16.4 Å². The van der Waals surface area contributed by atoms with Crippen molar-refractivity contribution in [2.24, 2.45) is 5.73 Å². The summed E-state index contributed by atoms with van der Waals surface area (Å²) in [6.07, 6.45) is 0.0571. The Morgan fingerprint density at radius 1 is 1.09 bits per heavy atom. The van der Waals surface area contributed by atoms with Crippen LogP contribution in [0.1, 0.15) is 28.3 Å². The molecule has 6 heteroatoms. The number of fused-ring (bicyclic) bond motifs is 1. The highest BCUT2D eigenvalue weighted by Gasteiger charge is 2.30. The molecule has 0 aromatic heterocycles. The molecule has 6 nitrogen and oxygen atoms in total. The number of anilines is 2. The van der Waals surface area contributed by atoms with Gasteiger partial charge in [-0.2, -0.15) is 0 Å². The fourth-order valence-electron chi connectivity index (χ4n) is 2.67. The van der Waals surface area contributed by atoms with E-state index in [4.69, 9.17) is 5.73 Å². The molecule has 1 aliphatic heterocycles. The molecule has 1 aliphatic rings. The van der Waals surface area contributed by atoms with Crippen LogP contribution in [-0.4, -0.2) is 17.7 Å². The van der Waals surface area contributed by atoms with Crippen LogP contribution in [0.15, 0.2) is 48.5 Å². The topological polar surface area (TPSA) is 101 Å². The molecule has 2 aromatic carbocycles. The number of nitrogens with one attached hydrogen (secondary N) is 2. The Balaban J connectivity index is 1.90. The Labute approximate surface area is 132 Å². The minimum Gasteiger partial charge on any atom is -0.366 e. The van der Waals surface area contributed by atoms with Gasteiger partial charge in [0.15, 0.2) is 0 Å². The van der Waals surface area contributed by atoms with Crippen LogP contribution in [0.5, 0.6) is 0 Å². The van der Waals surface area contributed by atoms with Crippen molar-refractivity contribution < 1.29 is 14.4 Å². The first kappa shape index (κ1) is 14.8. The quantitative estimate of drug-likeness (QED) is 0.806. The van der Waals surface area contributed by atoms with Gasteiger partial charge in [-0.3, -0.25) is 14.4 Å². The summed E-state index contributed by atoms with van der Waals surface area (Å²) in [6.45, 7) is 0. The predicted octanol–water partition coefficient (Wildman–Crippen LogP) is 1.85. The third kappa shape index (κ3) is 2.91. The molecule has 2 aromatic rings. The average Bonchev–Trinajstić information content (AvgIpc) is 2.54. The first-order valence-electron chi connectivity index (χ1n) is 7.14. The van der Waals surface area contributed by atoms with Gasteiger partial charge in [0.2, 0.25) is 11.8 Å². The lowest BCUT2D eigenvalue weighted by molar-refractivity contribution is -0.123. The zero-order chi connectivity index (χ0) is 16.4. The molecule has 0 radical (unpaired) electrons. The van der Waals surface area contributed by atoms with Crippen LogP contribution in [0.3, 0.4) is 0 Å². The highest BCUT2D eigenvalue weighted by Crippen LogP contribution is 2.33. The Hall–Kier alpha value is -3.15. The lowest BCUT2D eigenvalue weighted by Crippen LogP contribution is -2.31. The normalized spacial score (nSPS) is 16.2. The number of amides is 3. The van der Waals surface area contributed by atoms with Crippen molar-refractivity contribution in [2.45, 2.75) is 12.3 Å². The maximum atomic E-state index is 12.6. The summed E-state index contributed by atoms with van der Waals surface area (Å²) < 4.78 is 0. The second-order valence-corrected chi connectivity index (χ2v) is 5.29. The van der Waals surface area contributed by atoms with Gasteiger partial charge in [0.05, 0.1) is 17.2 Å². The van der Waals surface area contributed by atoms with Crippen molar-refractivity contribution in [2.75, 3.05) is 10.6 Å². The summed E-state index contributed by atoms with van der Waals surface area (Å²) in [6, 6.07) is 13.7. The molecule has 0 aliphatic carbocycles. The van der Waals surface area contributed by atoms with Gasteiger partial charge in [0.25, 0.3) is 5.91 Å². The predicted molar refractivity (Wildman–Crippen MR) is 86.0 cm³/mol. The molecule has 0 saturated heterocycles. The van der Waals surface area contributed by atoms with E-state index in [0.29, 0.717) is 11.4 Å². The lowest BCUT2D eigenvalue weighted by Gasteiger charge is -2.25. The number of primary amides is 1. The van der Waals surface area contributed by atoms with E-state index in [-0.39, 0.29) is 23.8 Å². The first-order chi connectivity index (χ1) is 11.1. The molecule has 1 atom stereocenters. The third-order valence-electron chi connectivity index (χ3n) is 3.77. The number of rotatable bonds is 3. The SMILES string of the molecule is NC(=O)c1ccccc1NC(=O)C1CC(=O)Nc2ccccc21. The van der Waals surface area contributed by atoms with Crippen molar-refractivity contribution in [1.29, 1.82) is 0 Å². The van der Waals surface area contributed by atoms with Crippen LogP contribution in [-0.2, 0) is 9.59 Å². The summed E-state index contributed by atoms with van der Waals surface area (Å²) >= 11 is 0. The molecule has 0 bridgehead atoms. The number of hydrogen-bond donors (Lipinski definition) is 3. The highest BCUT2D eigenvalue weighted by molar-refractivity contribution is 6.08. The fourth-order valence-corrected chi connectivity index (χ4v) is 2.67. The van der Waals surface area contributed by atoms with Crippen LogP contribution in [0.2, 0.25) is 0 Å². The number of benzene rings is 2. The molecule has 0 spiro atoms. The van der Waals surface area contributed by atoms with E-state index in [1.54, 1.807) is 42.5 Å². The van der Waals surface area contributed by atoms with Gasteiger partial charge in [-0.25, -0.2) is 0 Å². The summed E-state index contributed by atoms with van der Waals surface area (Å²) in [5.74, 6) is -1.79. The van der Waals surface area contributed by atoms with E-state index < -0.39 is 11.8 Å². The van der Waals surface area contributed by atoms with Crippen molar-refractivity contribution >= 4 is 29.1 Å². The molecule has 1 unspecified atom stereocenters. The average molecular weight is 309 g/mol. The van der Waals surface area contributed by atoms with Crippen LogP contribution in [0.4, 0.5) is 11.4 Å². The Morgan fingerprint density at radius 3 is 2.57 bits per heavy atom. The lowest BCUT2D eigenvalue weighted by atomic mass is 9.89. The molecule has 4 N–H and O–H groups in total. The number of nitrogens with two attached hydrogens (primary N) is 1. The van der Waals surface area contributed by atoms with Gasteiger partial charge in [-0.05, 0) is 23.8 Å². The molecule has 3 rings (SSSR count). The van der Waals surface area contributed by atoms with E-state index in [9.17, 15) is 14.4 Å². The Kier molecular flexibility index (Phi) is 3.80. The van der Waals surface area contributed by atoms with Gasteiger partial charge in [-0.1, -0.05) is 30.3 Å². The molecule has 0 saturated carbocycles. The third-order valence-corrected chi connectivity index (χ3v) is 3.77. The van der Waals surface area contributed by atoms with E-state index in [1.807, 2.05) is 6.07 Å². The molecular formula is C17H15N3O3. The zero-order valence-corrected chi connectivity index (χ0v) is 12.2. The Bertz CT molecular complexity index is 801. The second-order valence-electron chi connectivity index (χ2n) is 5.29. The maximum Gasteiger partial charge on any atom is 0.250 e. The molecule has 3 amide bonds. The Morgan fingerprint density at radius 2 is 1.78 bits per heavy atom. The number of hydrogen-bond acceptors (Lipinski definition) is 3. The number of carbonyl (C=O) groups is 3. The number of carbonyl (C=O) groups excluding carboxylic acids is 3. The van der Waals surface area contributed by atoms with Gasteiger partial charge in [0.1, 0.15) is 0 Å². The monoisotopic (exact) mass is 309 g/mol. The van der Waals surface area contributed by atoms with Gasteiger partial charge in [-0.15, -0.1) is 0 Å². The molecule has 116 valence electrons. The van der Waals surface area contributed by atoms with Crippen LogP contribution < -0.4 is 16.4 Å². The summed E-state index contributed by atoms with van der Waals surface area (Å²) in [4.78, 5) is 35.8. The maximum absolute atomic E-state index is 12.6. The van der Waals surface area contributed by atoms with Crippen molar-refractivity contribution in [3.8, 4) is 0 Å². The van der Waals surface area contributed by atoms with E-state index in [2.05, 4.69) is 10.6 Å². The van der Waals surface area contributed by atoms with Crippen molar-refractivity contribution in [3.63, 3.8) is 0 Å². The minimum absolute atomic E-state index is 0.0571. The molecule has 0 fully saturated rings. The van der Waals surface area contributed by atoms with Crippen LogP contribution in [0.25, 0.3) is 0 Å². The highest BCUT2D eigenvalue weighted by atomic mass is 16.2. The van der Waals surface area contributed by atoms with Crippen molar-refractivity contribution in [1.82, 2.24) is 0 Å². The molecular weight excluding hydrogens is 294 g/mol. The fraction of sp³-hybridized carbons (Fsp3) is 0.118. The number of para-hydroxylation sites is 2. The zero-order valence-electron chi connectivity index (χ0n) is 12.2. The summed E-state index contributed by atoms with van der Waals surface area (Å²) in [5, 5.41) is 5.45.